The summed E-state index contributed by atoms with van der Waals surface area (Å²) in [5, 5.41) is 24.8. The van der Waals surface area contributed by atoms with Gasteiger partial charge in [-0.25, -0.2) is 0 Å². The molecule has 0 aliphatic carbocycles. The van der Waals surface area contributed by atoms with E-state index in [1.54, 1.807) is 10.9 Å². The van der Waals surface area contributed by atoms with Gasteiger partial charge in [-0.1, -0.05) is 0 Å². The molecule has 0 saturated heterocycles. The highest BCUT2D eigenvalue weighted by Crippen LogP contribution is 2.04. The van der Waals surface area contributed by atoms with E-state index in [2.05, 4.69) is 10.4 Å². The Bertz CT molecular complexity index is 286. The Hall–Kier alpha value is -0.910. The molecule has 0 amide bonds. The average molecular weight is 199 g/mol. The Labute approximate surface area is 83.4 Å². The maximum Gasteiger partial charge on any atom is 0.0895 e. The van der Waals surface area contributed by atoms with Gasteiger partial charge in [0.25, 0.3) is 0 Å². The Balaban J connectivity index is 2.35. The minimum Gasteiger partial charge on any atom is -0.394 e. The maximum atomic E-state index is 9.08. The minimum atomic E-state index is -0.688. The molecule has 80 valence electrons. The Morgan fingerprint density at radius 2 is 2.36 bits per heavy atom. The molecule has 0 bridgehead atoms. The van der Waals surface area contributed by atoms with Gasteiger partial charge >= 0.3 is 0 Å². The zero-order valence-electron chi connectivity index (χ0n) is 8.56. The van der Waals surface area contributed by atoms with Crippen molar-refractivity contribution in [3.05, 3.63) is 17.5 Å². The molecule has 14 heavy (non-hydrogen) atoms. The quantitative estimate of drug-likeness (QED) is 0.579. The van der Waals surface area contributed by atoms with Crippen LogP contribution in [0.1, 0.15) is 11.3 Å². The molecule has 0 saturated carbocycles. The first-order valence-electron chi connectivity index (χ1n) is 4.62. The molecule has 1 heterocycles. The lowest BCUT2D eigenvalue weighted by Gasteiger charge is -2.08. The van der Waals surface area contributed by atoms with E-state index in [1.165, 1.54) is 0 Å². The topological polar surface area (TPSA) is 70.3 Å². The van der Waals surface area contributed by atoms with E-state index in [9.17, 15) is 0 Å². The zero-order chi connectivity index (χ0) is 10.6. The Morgan fingerprint density at radius 1 is 1.64 bits per heavy atom. The number of aliphatic hydroxyl groups is 2. The average Bonchev–Trinajstić information content (AvgIpc) is 2.49. The molecule has 0 aliphatic heterocycles. The van der Waals surface area contributed by atoms with Gasteiger partial charge in [-0.05, 0) is 6.92 Å². The van der Waals surface area contributed by atoms with E-state index in [1.807, 2.05) is 14.0 Å². The minimum absolute atomic E-state index is 0.209. The van der Waals surface area contributed by atoms with Gasteiger partial charge in [0, 0.05) is 31.4 Å². The van der Waals surface area contributed by atoms with Crippen LogP contribution in [-0.4, -0.2) is 39.2 Å². The van der Waals surface area contributed by atoms with Crippen LogP contribution < -0.4 is 5.32 Å². The molecular formula is C9H17N3O2. The molecule has 0 spiro atoms. The molecule has 1 atom stereocenters. The summed E-state index contributed by atoms with van der Waals surface area (Å²) in [4.78, 5) is 0. The van der Waals surface area contributed by atoms with Crippen molar-refractivity contribution >= 4 is 0 Å². The molecule has 1 unspecified atom stereocenters. The summed E-state index contributed by atoms with van der Waals surface area (Å²) in [7, 11) is 1.89. The normalized spacial score (nSPS) is 13.1. The molecule has 0 radical (unpaired) electrons. The summed E-state index contributed by atoms with van der Waals surface area (Å²) in [5.74, 6) is 0. The molecule has 1 aromatic heterocycles. The van der Waals surface area contributed by atoms with Crippen molar-refractivity contribution in [2.24, 2.45) is 7.05 Å². The number of aryl methyl sites for hydroxylation is 1. The van der Waals surface area contributed by atoms with E-state index >= 15 is 0 Å². The zero-order valence-corrected chi connectivity index (χ0v) is 8.56. The van der Waals surface area contributed by atoms with E-state index < -0.39 is 6.10 Å². The maximum absolute atomic E-state index is 9.08. The predicted molar refractivity (Wildman–Crippen MR) is 52.7 cm³/mol. The first kappa shape index (κ1) is 11.2. The van der Waals surface area contributed by atoms with Crippen LogP contribution in [0, 0.1) is 6.92 Å². The van der Waals surface area contributed by atoms with Crippen LogP contribution in [0.2, 0.25) is 0 Å². The predicted octanol–water partition coefficient (Wildman–Crippen LogP) is -0.829. The number of rotatable bonds is 5. The number of aromatic nitrogens is 2. The van der Waals surface area contributed by atoms with Gasteiger partial charge in [0.1, 0.15) is 0 Å². The fourth-order valence-corrected chi connectivity index (χ4v) is 1.16. The van der Waals surface area contributed by atoms with Gasteiger partial charge < -0.3 is 15.5 Å². The van der Waals surface area contributed by atoms with Crippen LogP contribution in [0.25, 0.3) is 0 Å². The third kappa shape index (κ3) is 2.80. The van der Waals surface area contributed by atoms with Crippen LogP contribution in [0.15, 0.2) is 6.20 Å². The van der Waals surface area contributed by atoms with E-state index in [4.69, 9.17) is 10.2 Å². The van der Waals surface area contributed by atoms with Gasteiger partial charge in [0.2, 0.25) is 0 Å². The molecule has 0 fully saturated rings. The molecule has 5 nitrogen and oxygen atoms in total. The molecule has 3 N–H and O–H groups in total. The number of hydrogen-bond donors (Lipinski definition) is 3. The number of nitrogens with zero attached hydrogens (tertiary/aromatic N) is 2. The molecular weight excluding hydrogens is 182 g/mol. The highest BCUT2D eigenvalue weighted by atomic mass is 16.3. The van der Waals surface area contributed by atoms with Crippen molar-refractivity contribution in [1.82, 2.24) is 15.1 Å². The summed E-state index contributed by atoms with van der Waals surface area (Å²) < 4.78 is 1.81. The summed E-state index contributed by atoms with van der Waals surface area (Å²) in [6.07, 6.45) is 1.11. The summed E-state index contributed by atoms with van der Waals surface area (Å²) in [6, 6.07) is 0. The van der Waals surface area contributed by atoms with Gasteiger partial charge in [0.05, 0.1) is 18.9 Å². The Morgan fingerprint density at radius 3 is 2.86 bits per heavy atom. The van der Waals surface area contributed by atoms with Crippen LogP contribution in [0.5, 0.6) is 0 Å². The smallest absolute Gasteiger partial charge is 0.0895 e. The van der Waals surface area contributed by atoms with Crippen LogP contribution >= 0.6 is 0 Å². The number of nitrogens with one attached hydrogen (secondary N) is 1. The summed E-state index contributed by atoms with van der Waals surface area (Å²) >= 11 is 0. The lowest BCUT2D eigenvalue weighted by atomic mass is 10.2. The summed E-state index contributed by atoms with van der Waals surface area (Å²) in [6.45, 7) is 2.84. The van der Waals surface area contributed by atoms with Gasteiger partial charge in [-0.15, -0.1) is 0 Å². The van der Waals surface area contributed by atoms with Crippen molar-refractivity contribution in [2.45, 2.75) is 19.6 Å². The Kier molecular flexibility index (Phi) is 4.06. The number of hydrogen-bond acceptors (Lipinski definition) is 4. The first-order chi connectivity index (χ1) is 6.65. The third-order valence-corrected chi connectivity index (χ3v) is 2.24. The molecule has 0 aromatic carbocycles. The van der Waals surface area contributed by atoms with Crippen molar-refractivity contribution in [3.63, 3.8) is 0 Å². The van der Waals surface area contributed by atoms with Crippen molar-refractivity contribution in [2.75, 3.05) is 13.2 Å². The lowest BCUT2D eigenvalue weighted by molar-refractivity contribution is 0.0942. The van der Waals surface area contributed by atoms with Gasteiger partial charge in [-0.2, -0.15) is 5.10 Å². The highest BCUT2D eigenvalue weighted by Gasteiger charge is 2.04. The van der Waals surface area contributed by atoms with Gasteiger partial charge in [-0.3, -0.25) is 4.68 Å². The fraction of sp³-hybridized carbons (Fsp3) is 0.667. The molecule has 0 aliphatic rings. The monoisotopic (exact) mass is 199 g/mol. The fourth-order valence-electron chi connectivity index (χ4n) is 1.16. The van der Waals surface area contributed by atoms with Gasteiger partial charge in [0.15, 0.2) is 0 Å². The lowest BCUT2D eigenvalue weighted by Crippen LogP contribution is -2.29. The first-order valence-corrected chi connectivity index (χ1v) is 4.62. The van der Waals surface area contributed by atoms with E-state index in [0.29, 0.717) is 13.1 Å². The number of aliphatic hydroxyl groups excluding tert-OH is 2. The SMILES string of the molecule is Cc1c(CNCC(O)CO)cnn1C. The van der Waals surface area contributed by atoms with Crippen LogP contribution in [-0.2, 0) is 13.6 Å². The van der Waals surface area contributed by atoms with Crippen molar-refractivity contribution in [1.29, 1.82) is 0 Å². The second-order valence-electron chi connectivity index (χ2n) is 3.35. The van der Waals surface area contributed by atoms with Crippen LogP contribution in [0.3, 0.4) is 0 Å². The van der Waals surface area contributed by atoms with Crippen molar-refractivity contribution < 1.29 is 10.2 Å². The largest absolute Gasteiger partial charge is 0.394 e. The molecule has 5 heteroatoms. The standard InChI is InChI=1S/C9H17N3O2/c1-7-8(4-11-12(7)2)3-10-5-9(14)6-13/h4,9-10,13-14H,3,5-6H2,1-2H3. The van der Waals surface area contributed by atoms with E-state index in [0.717, 1.165) is 11.3 Å². The third-order valence-electron chi connectivity index (χ3n) is 2.24. The second-order valence-corrected chi connectivity index (χ2v) is 3.35. The van der Waals surface area contributed by atoms with Crippen LogP contribution in [0.4, 0.5) is 0 Å². The van der Waals surface area contributed by atoms with Crippen molar-refractivity contribution in [3.8, 4) is 0 Å². The molecule has 1 aromatic rings. The highest BCUT2D eigenvalue weighted by molar-refractivity contribution is 5.15. The van der Waals surface area contributed by atoms with E-state index in [-0.39, 0.29) is 6.61 Å². The second kappa shape index (κ2) is 5.09. The molecule has 1 rings (SSSR count). The summed E-state index contributed by atoms with van der Waals surface area (Å²) in [5.41, 5.74) is 2.22.